The first-order valence-electron chi connectivity index (χ1n) is 6.88. The first-order valence-corrected chi connectivity index (χ1v) is 6.88. The maximum absolute atomic E-state index is 12.9. The number of halogens is 1. The van der Waals surface area contributed by atoms with Crippen LogP contribution in [0.1, 0.15) is 44.7 Å². The largest absolute Gasteiger partial charge is 0.465 e. The first kappa shape index (κ1) is 15.9. The molecule has 2 aromatic rings. The van der Waals surface area contributed by atoms with Crippen molar-refractivity contribution in [3.63, 3.8) is 0 Å². The van der Waals surface area contributed by atoms with E-state index in [4.69, 9.17) is 9.15 Å². The molecule has 1 heterocycles. The van der Waals surface area contributed by atoms with E-state index in [-0.39, 0.29) is 5.78 Å². The van der Waals surface area contributed by atoms with Crippen molar-refractivity contribution in [1.82, 2.24) is 0 Å². The Morgan fingerprint density at radius 3 is 2.18 bits per heavy atom. The lowest BCUT2D eigenvalue weighted by Gasteiger charge is -2.12. The molecule has 4 nitrogen and oxygen atoms in total. The van der Waals surface area contributed by atoms with Gasteiger partial charge in [-0.2, -0.15) is 0 Å². The standard InChI is InChI=1S/C17H17FO4/c1-9-10(2)21-11(3)15(9)17(20)22-12(4)16(19)13-5-7-14(18)8-6-13/h5-8,12H,1-4H3/t12-/m0/s1. The van der Waals surface area contributed by atoms with Gasteiger partial charge >= 0.3 is 5.97 Å². The zero-order chi connectivity index (χ0) is 16.4. The number of carbonyl (C=O) groups is 2. The molecule has 22 heavy (non-hydrogen) atoms. The van der Waals surface area contributed by atoms with E-state index in [0.29, 0.717) is 28.2 Å². The molecular formula is C17H17FO4. The average Bonchev–Trinajstić information content (AvgIpc) is 2.72. The quantitative estimate of drug-likeness (QED) is 0.637. The summed E-state index contributed by atoms with van der Waals surface area (Å²) < 4.78 is 23.5. The fourth-order valence-corrected chi connectivity index (χ4v) is 2.22. The molecule has 0 spiro atoms. The van der Waals surface area contributed by atoms with Crippen molar-refractivity contribution in [1.29, 1.82) is 0 Å². The first-order chi connectivity index (χ1) is 10.3. The highest BCUT2D eigenvalue weighted by atomic mass is 19.1. The normalized spacial score (nSPS) is 12.0. The van der Waals surface area contributed by atoms with Crippen LogP contribution in [0.25, 0.3) is 0 Å². The third-order valence-corrected chi connectivity index (χ3v) is 3.55. The number of benzene rings is 1. The van der Waals surface area contributed by atoms with Gasteiger partial charge in [0.15, 0.2) is 6.10 Å². The second-order valence-corrected chi connectivity index (χ2v) is 5.13. The van der Waals surface area contributed by atoms with E-state index < -0.39 is 17.9 Å². The minimum absolute atomic E-state index is 0.290. The SMILES string of the molecule is Cc1oc(C)c(C(=O)O[C@@H](C)C(=O)c2ccc(F)cc2)c1C. The molecule has 0 amide bonds. The van der Waals surface area contributed by atoms with E-state index in [9.17, 15) is 14.0 Å². The van der Waals surface area contributed by atoms with Crippen molar-refractivity contribution in [2.75, 3.05) is 0 Å². The molecule has 0 aliphatic heterocycles. The van der Waals surface area contributed by atoms with Crippen molar-refractivity contribution in [2.24, 2.45) is 0 Å². The Labute approximate surface area is 127 Å². The molecule has 5 heteroatoms. The number of esters is 1. The zero-order valence-corrected chi connectivity index (χ0v) is 12.9. The van der Waals surface area contributed by atoms with Crippen molar-refractivity contribution >= 4 is 11.8 Å². The van der Waals surface area contributed by atoms with E-state index in [1.807, 2.05) is 0 Å². The van der Waals surface area contributed by atoms with Crippen LogP contribution in [-0.4, -0.2) is 17.9 Å². The molecule has 0 unspecified atom stereocenters. The molecule has 1 aromatic carbocycles. The van der Waals surface area contributed by atoms with Gasteiger partial charge in [-0.25, -0.2) is 9.18 Å². The summed E-state index contributed by atoms with van der Waals surface area (Å²) in [6.45, 7) is 6.67. The van der Waals surface area contributed by atoms with Gasteiger partial charge in [0.05, 0.1) is 0 Å². The van der Waals surface area contributed by atoms with Crippen LogP contribution in [0.4, 0.5) is 4.39 Å². The van der Waals surface area contributed by atoms with Gasteiger partial charge in [0.2, 0.25) is 5.78 Å². The smallest absolute Gasteiger partial charge is 0.342 e. The van der Waals surface area contributed by atoms with Gasteiger partial charge in [-0.15, -0.1) is 0 Å². The number of hydrogen-bond donors (Lipinski definition) is 0. The molecule has 0 N–H and O–H groups in total. The number of furan rings is 1. The molecule has 0 saturated heterocycles. The van der Waals surface area contributed by atoms with Crippen LogP contribution >= 0.6 is 0 Å². The van der Waals surface area contributed by atoms with Crippen molar-refractivity contribution in [2.45, 2.75) is 33.8 Å². The Bertz CT molecular complexity index is 713. The topological polar surface area (TPSA) is 56.5 Å². The second kappa shape index (κ2) is 6.13. The predicted molar refractivity (Wildman–Crippen MR) is 78.5 cm³/mol. The molecule has 0 aliphatic rings. The van der Waals surface area contributed by atoms with Gasteiger partial charge < -0.3 is 9.15 Å². The van der Waals surface area contributed by atoms with Gasteiger partial charge in [-0.1, -0.05) is 0 Å². The van der Waals surface area contributed by atoms with E-state index in [1.54, 1.807) is 20.8 Å². The third-order valence-electron chi connectivity index (χ3n) is 3.55. The van der Waals surface area contributed by atoms with Crippen LogP contribution in [0.15, 0.2) is 28.7 Å². The summed E-state index contributed by atoms with van der Waals surface area (Å²) in [5.41, 5.74) is 1.33. The number of ether oxygens (including phenoxy) is 1. The van der Waals surface area contributed by atoms with Crippen LogP contribution in [0.3, 0.4) is 0 Å². The number of Topliss-reactive ketones (excluding diaryl/α,β-unsaturated/α-hetero) is 1. The average molecular weight is 304 g/mol. The van der Waals surface area contributed by atoms with Gasteiger partial charge in [-0.05, 0) is 52.0 Å². The maximum atomic E-state index is 12.9. The molecular weight excluding hydrogens is 287 g/mol. The lowest BCUT2D eigenvalue weighted by atomic mass is 10.1. The third kappa shape index (κ3) is 3.08. The summed E-state index contributed by atoms with van der Waals surface area (Å²) in [5.74, 6) is -0.316. The monoisotopic (exact) mass is 304 g/mol. The van der Waals surface area contributed by atoms with Crippen molar-refractivity contribution in [3.05, 3.63) is 58.3 Å². The van der Waals surface area contributed by atoms with E-state index >= 15 is 0 Å². The van der Waals surface area contributed by atoms with Crippen molar-refractivity contribution in [3.8, 4) is 0 Å². The van der Waals surface area contributed by atoms with Gasteiger partial charge in [-0.3, -0.25) is 4.79 Å². The Morgan fingerprint density at radius 1 is 1.09 bits per heavy atom. The minimum atomic E-state index is -0.966. The summed E-state index contributed by atoms with van der Waals surface area (Å²) in [7, 11) is 0. The molecule has 0 aliphatic carbocycles. The van der Waals surface area contributed by atoms with Crippen LogP contribution in [-0.2, 0) is 4.74 Å². The van der Waals surface area contributed by atoms with E-state index in [0.717, 1.165) is 0 Å². The van der Waals surface area contributed by atoms with E-state index in [2.05, 4.69) is 0 Å². The molecule has 1 atom stereocenters. The minimum Gasteiger partial charge on any atom is -0.465 e. The van der Waals surface area contributed by atoms with Crippen LogP contribution < -0.4 is 0 Å². The Balaban J connectivity index is 2.14. The van der Waals surface area contributed by atoms with Crippen LogP contribution in [0.5, 0.6) is 0 Å². The van der Waals surface area contributed by atoms with Crippen LogP contribution in [0, 0.1) is 26.6 Å². The lowest BCUT2D eigenvalue weighted by Crippen LogP contribution is -2.24. The molecule has 116 valence electrons. The molecule has 0 fully saturated rings. The zero-order valence-electron chi connectivity index (χ0n) is 12.9. The number of carbonyl (C=O) groups excluding carboxylic acids is 2. The molecule has 2 rings (SSSR count). The Kier molecular flexibility index (Phi) is 4.45. The fourth-order valence-electron chi connectivity index (χ4n) is 2.22. The maximum Gasteiger partial charge on any atom is 0.342 e. The summed E-state index contributed by atoms with van der Waals surface area (Å²) in [4.78, 5) is 24.4. The summed E-state index contributed by atoms with van der Waals surface area (Å²) >= 11 is 0. The number of rotatable bonds is 4. The lowest BCUT2D eigenvalue weighted by molar-refractivity contribution is 0.0316. The van der Waals surface area contributed by atoms with Gasteiger partial charge in [0, 0.05) is 11.1 Å². The van der Waals surface area contributed by atoms with Gasteiger partial charge in [0.1, 0.15) is 22.9 Å². The van der Waals surface area contributed by atoms with Crippen LogP contribution in [0.2, 0.25) is 0 Å². The Hall–Kier alpha value is -2.43. The number of ketones is 1. The molecule has 0 bridgehead atoms. The highest BCUT2D eigenvalue weighted by Gasteiger charge is 2.25. The van der Waals surface area contributed by atoms with Crippen molar-refractivity contribution < 1.29 is 23.1 Å². The second-order valence-electron chi connectivity index (χ2n) is 5.13. The molecule has 1 aromatic heterocycles. The van der Waals surface area contributed by atoms with E-state index in [1.165, 1.54) is 31.2 Å². The Morgan fingerprint density at radius 2 is 1.68 bits per heavy atom. The number of hydrogen-bond acceptors (Lipinski definition) is 4. The number of aryl methyl sites for hydroxylation is 2. The highest BCUT2D eigenvalue weighted by Crippen LogP contribution is 2.22. The van der Waals surface area contributed by atoms with Gasteiger partial charge in [0.25, 0.3) is 0 Å². The summed E-state index contributed by atoms with van der Waals surface area (Å²) in [6, 6.07) is 5.10. The molecule has 0 saturated carbocycles. The highest BCUT2D eigenvalue weighted by molar-refractivity contribution is 6.01. The fraction of sp³-hybridized carbons (Fsp3) is 0.294. The predicted octanol–water partition coefficient (Wildman–Crippen LogP) is 3.77. The summed E-state index contributed by atoms with van der Waals surface area (Å²) in [6.07, 6.45) is -0.966. The molecule has 0 radical (unpaired) electrons. The summed E-state index contributed by atoms with van der Waals surface area (Å²) in [5, 5.41) is 0.